The lowest BCUT2D eigenvalue weighted by Gasteiger charge is -2.18. The van der Waals surface area contributed by atoms with E-state index in [2.05, 4.69) is 0 Å². The molecule has 0 aliphatic heterocycles. The van der Waals surface area contributed by atoms with Crippen LogP contribution in [0.2, 0.25) is 0 Å². The highest BCUT2D eigenvalue weighted by Gasteiger charge is 2.19. The molecule has 2 rings (SSSR count). The second-order valence-electron chi connectivity index (χ2n) is 4.56. The summed E-state index contributed by atoms with van der Waals surface area (Å²) >= 11 is 0. The Hall–Kier alpha value is -2.49. The molecule has 0 fully saturated rings. The molecule has 4 heteroatoms. The number of hydrogen-bond donors (Lipinski definition) is 1. The van der Waals surface area contributed by atoms with E-state index < -0.39 is 0 Å². The fraction of sp³-hybridized carbons (Fsp3) is 0.188. The number of aromatic hydroxyl groups is 1. The minimum Gasteiger partial charge on any atom is -0.504 e. The van der Waals surface area contributed by atoms with Gasteiger partial charge >= 0.3 is 0 Å². The van der Waals surface area contributed by atoms with Gasteiger partial charge in [-0.3, -0.25) is 4.79 Å². The molecule has 0 unspecified atom stereocenters. The van der Waals surface area contributed by atoms with Crippen LogP contribution in [-0.4, -0.2) is 25.2 Å². The summed E-state index contributed by atoms with van der Waals surface area (Å²) in [7, 11) is 3.12. The number of carbonyl (C=O) groups excluding carboxylic acids is 1. The predicted molar refractivity (Wildman–Crippen MR) is 78.6 cm³/mol. The van der Waals surface area contributed by atoms with Gasteiger partial charge in [0.25, 0.3) is 5.91 Å². The molecule has 20 heavy (non-hydrogen) atoms. The molecule has 0 spiro atoms. The van der Waals surface area contributed by atoms with Crippen LogP contribution in [-0.2, 0) is 0 Å². The number of methoxy groups -OCH3 is 1. The maximum atomic E-state index is 12.4. The van der Waals surface area contributed by atoms with E-state index in [1.165, 1.54) is 12.0 Å². The number of carbonyl (C=O) groups is 1. The number of aryl methyl sites for hydroxylation is 1. The number of anilines is 1. The Labute approximate surface area is 118 Å². The maximum absolute atomic E-state index is 12.4. The lowest BCUT2D eigenvalue weighted by molar-refractivity contribution is 0.0990. The molecule has 1 amide bonds. The summed E-state index contributed by atoms with van der Waals surface area (Å²) in [6.07, 6.45) is 0. The fourth-order valence-electron chi connectivity index (χ4n) is 1.93. The average Bonchev–Trinajstić information content (AvgIpc) is 2.47. The standard InChI is InChI=1S/C16H17NO3/c1-11-7-9-12(10-8-11)17(2)16(19)13-5-4-6-14(20-3)15(13)18/h4-10,18H,1-3H3. The normalized spacial score (nSPS) is 10.2. The van der Waals surface area contributed by atoms with E-state index in [-0.39, 0.29) is 23.0 Å². The molecular weight excluding hydrogens is 254 g/mol. The van der Waals surface area contributed by atoms with Gasteiger partial charge in [-0.25, -0.2) is 0 Å². The van der Waals surface area contributed by atoms with Crippen LogP contribution in [0.15, 0.2) is 42.5 Å². The zero-order valence-corrected chi connectivity index (χ0v) is 11.8. The number of benzene rings is 2. The summed E-state index contributed by atoms with van der Waals surface area (Å²) in [4.78, 5) is 13.9. The van der Waals surface area contributed by atoms with Crippen LogP contribution in [0.5, 0.6) is 11.5 Å². The zero-order valence-electron chi connectivity index (χ0n) is 11.8. The highest BCUT2D eigenvalue weighted by Crippen LogP contribution is 2.30. The van der Waals surface area contributed by atoms with Crippen molar-refractivity contribution in [2.75, 3.05) is 19.1 Å². The first-order valence-corrected chi connectivity index (χ1v) is 6.25. The molecule has 104 valence electrons. The van der Waals surface area contributed by atoms with Gasteiger partial charge in [-0.1, -0.05) is 23.8 Å². The van der Waals surface area contributed by atoms with Crippen molar-refractivity contribution in [3.05, 3.63) is 53.6 Å². The van der Waals surface area contributed by atoms with Crippen molar-refractivity contribution in [1.29, 1.82) is 0 Å². The Bertz CT molecular complexity index is 620. The second-order valence-corrected chi connectivity index (χ2v) is 4.56. The van der Waals surface area contributed by atoms with Crippen LogP contribution in [0.1, 0.15) is 15.9 Å². The van der Waals surface area contributed by atoms with Gasteiger partial charge in [0.05, 0.1) is 12.7 Å². The van der Waals surface area contributed by atoms with E-state index in [9.17, 15) is 9.90 Å². The molecule has 4 nitrogen and oxygen atoms in total. The van der Waals surface area contributed by atoms with E-state index in [4.69, 9.17) is 4.74 Å². The Morgan fingerprint density at radius 2 is 1.80 bits per heavy atom. The van der Waals surface area contributed by atoms with Crippen molar-refractivity contribution < 1.29 is 14.6 Å². The fourth-order valence-corrected chi connectivity index (χ4v) is 1.93. The molecule has 0 aliphatic rings. The first kappa shape index (κ1) is 13.9. The van der Waals surface area contributed by atoms with Gasteiger partial charge in [0.15, 0.2) is 11.5 Å². The minimum atomic E-state index is -0.287. The molecule has 0 radical (unpaired) electrons. The van der Waals surface area contributed by atoms with Crippen LogP contribution in [0, 0.1) is 6.92 Å². The summed E-state index contributed by atoms with van der Waals surface area (Å²) in [6, 6.07) is 12.5. The summed E-state index contributed by atoms with van der Waals surface area (Å²) in [6.45, 7) is 1.99. The van der Waals surface area contributed by atoms with Gasteiger partial charge in [0, 0.05) is 12.7 Å². The third kappa shape index (κ3) is 2.59. The Kier molecular flexibility index (Phi) is 3.94. The smallest absolute Gasteiger partial charge is 0.261 e. The average molecular weight is 271 g/mol. The van der Waals surface area contributed by atoms with E-state index in [1.54, 1.807) is 25.2 Å². The van der Waals surface area contributed by atoms with Crippen molar-refractivity contribution in [2.24, 2.45) is 0 Å². The number of nitrogens with zero attached hydrogens (tertiary/aromatic N) is 1. The van der Waals surface area contributed by atoms with Crippen molar-refractivity contribution in [3.63, 3.8) is 0 Å². The third-order valence-corrected chi connectivity index (χ3v) is 3.18. The Morgan fingerprint density at radius 3 is 2.40 bits per heavy atom. The van der Waals surface area contributed by atoms with E-state index in [0.29, 0.717) is 0 Å². The van der Waals surface area contributed by atoms with Crippen molar-refractivity contribution in [3.8, 4) is 11.5 Å². The third-order valence-electron chi connectivity index (χ3n) is 3.18. The van der Waals surface area contributed by atoms with Gasteiger partial charge in [-0.2, -0.15) is 0 Å². The molecule has 0 aliphatic carbocycles. The van der Waals surface area contributed by atoms with Crippen LogP contribution >= 0.6 is 0 Å². The largest absolute Gasteiger partial charge is 0.504 e. The number of amides is 1. The molecule has 0 heterocycles. The maximum Gasteiger partial charge on any atom is 0.261 e. The molecule has 0 saturated carbocycles. The first-order valence-electron chi connectivity index (χ1n) is 6.25. The van der Waals surface area contributed by atoms with Gasteiger partial charge in [-0.05, 0) is 31.2 Å². The van der Waals surface area contributed by atoms with E-state index >= 15 is 0 Å². The van der Waals surface area contributed by atoms with Crippen molar-refractivity contribution in [1.82, 2.24) is 0 Å². The SMILES string of the molecule is COc1cccc(C(=O)N(C)c2ccc(C)cc2)c1O. The quantitative estimate of drug-likeness (QED) is 0.933. The zero-order chi connectivity index (χ0) is 14.7. The number of phenols is 1. The van der Waals surface area contributed by atoms with Crippen molar-refractivity contribution >= 4 is 11.6 Å². The number of hydrogen-bond acceptors (Lipinski definition) is 3. The molecule has 1 N–H and O–H groups in total. The Balaban J connectivity index is 2.34. The molecule has 0 aromatic heterocycles. The molecular formula is C16H17NO3. The summed E-state index contributed by atoms with van der Waals surface area (Å²) < 4.78 is 5.02. The lowest BCUT2D eigenvalue weighted by atomic mass is 10.1. The highest BCUT2D eigenvalue weighted by molar-refractivity contribution is 6.07. The van der Waals surface area contributed by atoms with E-state index in [1.807, 2.05) is 31.2 Å². The van der Waals surface area contributed by atoms with Gasteiger partial charge in [0.2, 0.25) is 0 Å². The predicted octanol–water partition coefficient (Wildman–Crippen LogP) is 2.99. The minimum absolute atomic E-state index is 0.140. The number of rotatable bonds is 3. The molecule has 0 saturated heterocycles. The van der Waals surface area contributed by atoms with Crippen LogP contribution in [0.3, 0.4) is 0 Å². The summed E-state index contributed by atoms with van der Waals surface area (Å²) in [5, 5.41) is 10.0. The topological polar surface area (TPSA) is 49.8 Å². The monoisotopic (exact) mass is 271 g/mol. The summed E-state index contributed by atoms with van der Waals surface area (Å²) in [5.41, 5.74) is 2.11. The number of para-hydroxylation sites is 1. The number of phenolic OH excluding ortho intramolecular Hbond substituents is 1. The van der Waals surface area contributed by atoms with E-state index in [0.717, 1.165) is 11.3 Å². The Morgan fingerprint density at radius 1 is 1.15 bits per heavy atom. The highest BCUT2D eigenvalue weighted by atomic mass is 16.5. The molecule has 2 aromatic carbocycles. The summed E-state index contributed by atoms with van der Waals surface area (Å²) in [5.74, 6) is -0.141. The van der Waals surface area contributed by atoms with Gasteiger partial charge < -0.3 is 14.7 Å². The van der Waals surface area contributed by atoms with Crippen LogP contribution < -0.4 is 9.64 Å². The van der Waals surface area contributed by atoms with Crippen LogP contribution in [0.25, 0.3) is 0 Å². The first-order chi connectivity index (χ1) is 9.54. The molecule has 0 bridgehead atoms. The number of ether oxygens (including phenoxy) is 1. The lowest BCUT2D eigenvalue weighted by Crippen LogP contribution is -2.26. The van der Waals surface area contributed by atoms with Crippen molar-refractivity contribution in [2.45, 2.75) is 6.92 Å². The molecule has 2 aromatic rings. The van der Waals surface area contributed by atoms with Crippen LogP contribution in [0.4, 0.5) is 5.69 Å². The molecule has 0 atom stereocenters. The second kappa shape index (κ2) is 5.65. The van der Waals surface area contributed by atoms with Gasteiger partial charge in [0.1, 0.15) is 0 Å². The van der Waals surface area contributed by atoms with Gasteiger partial charge in [-0.15, -0.1) is 0 Å².